The van der Waals surface area contributed by atoms with Crippen LogP contribution < -0.4 is 4.72 Å². The number of nitrogens with one attached hydrogen (secondary N) is 1. The topological polar surface area (TPSA) is 67.2 Å². The predicted molar refractivity (Wildman–Crippen MR) is 91.7 cm³/mol. The van der Waals surface area contributed by atoms with Crippen LogP contribution in [-0.4, -0.2) is 41.4 Å². The molecule has 2 heterocycles. The lowest BCUT2D eigenvalue weighted by Gasteiger charge is -2.34. The van der Waals surface area contributed by atoms with Gasteiger partial charge in [0.1, 0.15) is 5.82 Å². The van der Waals surface area contributed by atoms with Crippen LogP contribution >= 0.6 is 0 Å². The number of sulfonamides is 1. The smallest absolute Gasteiger partial charge is 0.214 e. The summed E-state index contributed by atoms with van der Waals surface area (Å²) in [4.78, 5) is 2.24. The van der Waals surface area contributed by atoms with Gasteiger partial charge in [-0.2, -0.15) is 5.10 Å². The number of hydrogen-bond acceptors (Lipinski definition) is 4. The minimum absolute atomic E-state index is 0.0484. The number of aromatic nitrogens is 2. The molecule has 1 aliphatic heterocycles. The first kappa shape index (κ1) is 16.7. The van der Waals surface area contributed by atoms with Gasteiger partial charge < -0.3 is 0 Å². The van der Waals surface area contributed by atoms with Crippen molar-refractivity contribution < 1.29 is 12.8 Å². The number of fused-ring (bicyclic) bond motifs is 1. The molecule has 0 amide bonds. The van der Waals surface area contributed by atoms with Crippen LogP contribution in [0.15, 0.2) is 36.5 Å². The second-order valence-electron chi connectivity index (χ2n) is 6.81. The quantitative estimate of drug-likeness (QED) is 0.847. The Labute approximate surface area is 146 Å². The largest absolute Gasteiger partial charge is 0.291 e. The Bertz CT molecular complexity index is 846. The summed E-state index contributed by atoms with van der Waals surface area (Å²) in [5, 5.41) is 4.14. The summed E-state index contributed by atoms with van der Waals surface area (Å²) in [6.07, 6.45) is 3.26. The van der Waals surface area contributed by atoms with Gasteiger partial charge >= 0.3 is 0 Å². The molecule has 1 aliphatic carbocycles. The highest BCUT2D eigenvalue weighted by atomic mass is 32.2. The molecule has 2 aliphatic rings. The van der Waals surface area contributed by atoms with E-state index < -0.39 is 10.0 Å². The summed E-state index contributed by atoms with van der Waals surface area (Å²) in [6.45, 7) is 2.47. The van der Waals surface area contributed by atoms with E-state index in [9.17, 15) is 12.8 Å². The summed E-state index contributed by atoms with van der Waals surface area (Å²) in [5.41, 5.74) is 2.09. The predicted octanol–water partition coefficient (Wildman–Crippen LogP) is 1.66. The van der Waals surface area contributed by atoms with Crippen LogP contribution in [0.2, 0.25) is 0 Å². The molecule has 2 aromatic rings. The first-order chi connectivity index (χ1) is 12.0. The lowest BCUT2D eigenvalue weighted by Crippen LogP contribution is -2.43. The summed E-state index contributed by atoms with van der Waals surface area (Å²) < 4.78 is 41.9. The molecule has 0 bridgehead atoms. The van der Waals surface area contributed by atoms with E-state index in [-0.39, 0.29) is 17.1 Å². The number of hydrogen-bond donors (Lipinski definition) is 1. The molecule has 4 rings (SSSR count). The summed E-state index contributed by atoms with van der Waals surface area (Å²) in [6, 6.07) is 8.40. The number of rotatable bonds is 6. The van der Waals surface area contributed by atoms with Gasteiger partial charge in [-0.05, 0) is 36.6 Å². The van der Waals surface area contributed by atoms with E-state index in [1.165, 1.54) is 12.1 Å². The fourth-order valence-electron chi connectivity index (χ4n) is 3.29. The van der Waals surface area contributed by atoms with Crippen LogP contribution in [-0.2, 0) is 23.1 Å². The molecule has 134 valence electrons. The molecule has 0 saturated heterocycles. The Hall–Kier alpha value is -1.77. The van der Waals surface area contributed by atoms with E-state index >= 15 is 0 Å². The maximum Gasteiger partial charge on any atom is 0.214 e. The van der Waals surface area contributed by atoms with Gasteiger partial charge in [0.25, 0.3) is 0 Å². The fraction of sp³-hybridized carbons (Fsp3) is 0.471. The van der Waals surface area contributed by atoms with Crippen molar-refractivity contribution in [3.05, 3.63) is 53.6 Å². The maximum atomic E-state index is 13.1. The SMILES string of the molecule is O=S(=O)(NC[C@H]1CN(Cc2ccc(F)cc2)Cc2ccnn21)C1CC1. The van der Waals surface area contributed by atoms with Gasteiger partial charge in [-0.3, -0.25) is 9.58 Å². The second kappa shape index (κ2) is 6.51. The number of benzene rings is 1. The fourth-order valence-corrected chi connectivity index (χ4v) is 4.71. The standard InChI is InChI=1S/C17H21FN4O2S/c18-14-3-1-13(2-4-14)10-21-11-15-7-8-19-22(15)16(12-21)9-20-25(23,24)17-5-6-17/h1-4,7-8,16-17,20H,5-6,9-12H2/t16-/m0/s1. The highest BCUT2D eigenvalue weighted by molar-refractivity contribution is 7.90. The van der Waals surface area contributed by atoms with Crippen molar-refractivity contribution in [3.63, 3.8) is 0 Å². The lowest BCUT2D eigenvalue weighted by atomic mass is 10.1. The monoisotopic (exact) mass is 364 g/mol. The molecular weight excluding hydrogens is 343 g/mol. The van der Waals surface area contributed by atoms with Crippen molar-refractivity contribution in [1.82, 2.24) is 19.4 Å². The normalized spacial score (nSPS) is 21.2. The van der Waals surface area contributed by atoms with E-state index in [0.717, 1.165) is 30.6 Å². The average Bonchev–Trinajstić information content (AvgIpc) is 3.35. The molecule has 1 fully saturated rings. The zero-order chi connectivity index (χ0) is 17.4. The van der Waals surface area contributed by atoms with Crippen molar-refractivity contribution in [3.8, 4) is 0 Å². The maximum absolute atomic E-state index is 13.1. The van der Waals surface area contributed by atoms with E-state index in [1.54, 1.807) is 18.3 Å². The average molecular weight is 364 g/mol. The molecule has 1 atom stereocenters. The highest BCUT2D eigenvalue weighted by Gasteiger charge is 2.36. The molecule has 1 N–H and O–H groups in total. The van der Waals surface area contributed by atoms with Crippen LogP contribution in [0, 0.1) is 5.82 Å². The molecule has 25 heavy (non-hydrogen) atoms. The van der Waals surface area contributed by atoms with Crippen molar-refractivity contribution in [2.75, 3.05) is 13.1 Å². The van der Waals surface area contributed by atoms with E-state index in [2.05, 4.69) is 14.7 Å². The number of halogens is 1. The third-order valence-corrected chi connectivity index (χ3v) is 6.67. The molecular formula is C17H21FN4O2S. The first-order valence-electron chi connectivity index (χ1n) is 8.49. The molecule has 8 heteroatoms. The van der Waals surface area contributed by atoms with Gasteiger partial charge in [-0.1, -0.05) is 12.1 Å². The lowest BCUT2D eigenvalue weighted by molar-refractivity contribution is 0.168. The first-order valence-corrected chi connectivity index (χ1v) is 10.0. The molecule has 1 aromatic heterocycles. The van der Waals surface area contributed by atoms with Gasteiger partial charge in [0.15, 0.2) is 0 Å². The van der Waals surface area contributed by atoms with Crippen molar-refractivity contribution >= 4 is 10.0 Å². The molecule has 0 unspecified atom stereocenters. The third-order valence-electron chi connectivity index (χ3n) is 4.76. The minimum Gasteiger partial charge on any atom is -0.291 e. The van der Waals surface area contributed by atoms with E-state index in [0.29, 0.717) is 19.6 Å². The van der Waals surface area contributed by atoms with Gasteiger partial charge in [0, 0.05) is 32.4 Å². The van der Waals surface area contributed by atoms with Crippen LogP contribution in [0.5, 0.6) is 0 Å². The summed E-state index contributed by atoms with van der Waals surface area (Å²) >= 11 is 0. The van der Waals surface area contributed by atoms with Crippen molar-refractivity contribution in [2.45, 2.75) is 37.2 Å². The summed E-state index contributed by atoms with van der Waals surface area (Å²) in [5.74, 6) is -0.243. The Kier molecular flexibility index (Phi) is 4.35. The van der Waals surface area contributed by atoms with Crippen molar-refractivity contribution in [2.24, 2.45) is 0 Å². The highest BCUT2D eigenvalue weighted by Crippen LogP contribution is 2.28. The van der Waals surface area contributed by atoms with E-state index in [4.69, 9.17) is 0 Å². The zero-order valence-electron chi connectivity index (χ0n) is 13.8. The Morgan fingerprint density at radius 3 is 2.68 bits per heavy atom. The second-order valence-corrected chi connectivity index (χ2v) is 8.86. The molecule has 0 radical (unpaired) electrons. The summed E-state index contributed by atoms with van der Waals surface area (Å²) in [7, 11) is -3.20. The van der Waals surface area contributed by atoms with Crippen molar-refractivity contribution in [1.29, 1.82) is 0 Å². The van der Waals surface area contributed by atoms with E-state index in [1.807, 2.05) is 10.7 Å². The Morgan fingerprint density at radius 2 is 1.96 bits per heavy atom. The van der Waals surface area contributed by atoms with Gasteiger partial charge in [-0.25, -0.2) is 17.5 Å². The zero-order valence-corrected chi connectivity index (χ0v) is 14.6. The van der Waals surface area contributed by atoms with Gasteiger partial charge in [-0.15, -0.1) is 0 Å². The van der Waals surface area contributed by atoms with Gasteiger partial charge in [0.2, 0.25) is 10.0 Å². The van der Waals surface area contributed by atoms with Gasteiger partial charge in [0.05, 0.1) is 17.0 Å². The Morgan fingerprint density at radius 1 is 1.20 bits per heavy atom. The van der Waals surface area contributed by atoms with Crippen LogP contribution in [0.3, 0.4) is 0 Å². The van der Waals surface area contributed by atoms with Crippen LogP contribution in [0.4, 0.5) is 4.39 Å². The third kappa shape index (κ3) is 3.75. The molecule has 1 aromatic carbocycles. The van der Waals surface area contributed by atoms with Crippen LogP contribution in [0.25, 0.3) is 0 Å². The number of nitrogens with zero attached hydrogens (tertiary/aromatic N) is 3. The van der Waals surface area contributed by atoms with Crippen LogP contribution in [0.1, 0.15) is 30.1 Å². The Balaban J connectivity index is 1.46. The molecule has 6 nitrogen and oxygen atoms in total. The molecule has 0 spiro atoms. The molecule has 1 saturated carbocycles. The minimum atomic E-state index is -3.20.